The summed E-state index contributed by atoms with van der Waals surface area (Å²) in [5.41, 5.74) is 7.66. The number of sulfonamides is 1. The Labute approximate surface area is 120 Å². The Morgan fingerprint density at radius 3 is 2.80 bits per heavy atom. The van der Waals surface area contributed by atoms with E-state index in [-0.39, 0.29) is 10.9 Å². The smallest absolute Gasteiger partial charge is 0.240 e. The second-order valence-corrected chi connectivity index (χ2v) is 6.74. The number of aryl methyl sites for hydroxylation is 1. The van der Waals surface area contributed by atoms with E-state index in [0.29, 0.717) is 19.8 Å². The van der Waals surface area contributed by atoms with Crippen molar-refractivity contribution in [2.75, 3.05) is 13.2 Å². The molecule has 1 saturated heterocycles. The molecular weight excluding hydrogens is 276 g/mol. The fourth-order valence-corrected chi connectivity index (χ4v) is 3.73. The molecule has 1 unspecified atom stereocenters. The molecule has 112 valence electrons. The Hall–Kier alpha value is -0.950. The van der Waals surface area contributed by atoms with Gasteiger partial charge in [-0.1, -0.05) is 13.0 Å². The first kappa shape index (κ1) is 15.4. The van der Waals surface area contributed by atoms with E-state index >= 15 is 0 Å². The molecule has 0 amide bonds. The predicted octanol–water partition coefficient (Wildman–Crippen LogP) is 1.16. The van der Waals surface area contributed by atoms with Gasteiger partial charge < -0.3 is 10.5 Å². The maximum atomic E-state index is 12.4. The van der Waals surface area contributed by atoms with Crippen molar-refractivity contribution < 1.29 is 13.2 Å². The molecule has 0 saturated carbocycles. The van der Waals surface area contributed by atoms with E-state index in [2.05, 4.69) is 4.72 Å². The monoisotopic (exact) mass is 298 g/mol. The summed E-state index contributed by atoms with van der Waals surface area (Å²) in [7, 11) is -3.50. The van der Waals surface area contributed by atoms with Crippen molar-refractivity contribution in [1.29, 1.82) is 0 Å². The lowest BCUT2D eigenvalue weighted by molar-refractivity contribution is 0.0774. The lowest BCUT2D eigenvalue weighted by Gasteiger charge is -2.23. The summed E-state index contributed by atoms with van der Waals surface area (Å²) in [6, 6.07) is 5.02. The Kier molecular flexibility index (Phi) is 5.15. The van der Waals surface area contributed by atoms with Crippen LogP contribution in [0.2, 0.25) is 0 Å². The summed E-state index contributed by atoms with van der Waals surface area (Å²) >= 11 is 0. The van der Waals surface area contributed by atoms with Crippen molar-refractivity contribution in [2.45, 2.75) is 43.7 Å². The molecule has 0 radical (unpaired) electrons. The van der Waals surface area contributed by atoms with E-state index in [0.717, 1.165) is 30.4 Å². The molecule has 1 aromatic rings. The fraction of sp³-hybridized carbons (Fsp3) is 0.571. The number of hydrogen-bond acceptors (Lipinski definition) is 4. The molecule has 2 rings (SSSR count). The number of nitrogens with one attached hydrogen (secondary N) is 1. The van der Waals surface area contributed by atoms with Crippen LogP contribution < -0.4 is 10.5 Å². The maximum absolute atomic E-state index is 12.4. The summed E-state index contributed by atoms with van der Waals surface area (Å²) < 4.78 is 32.7. The van der Waals surface area contributed by atoms with Crippen LogP contribution in [0.15, 0.2) is 23.1 Å². The third-order valence-corrected chi connectivity index (χ3v) is 5.09. The zero-order chi connectivity index (χ0) is 14.6. The summed E-state index contributed by atoms with van der Waals surface area (Å²) in [6.07, 6.45) is 2.54. The van der Waals surface area contributed by atoms with Gasteiger partial charge >= 0.3 is 0 Å². The van der Waals surface area contributed by atoms with E-state index in [4.69, 9.17) is 10.5 Å². The highest BCUT2D eigenvalue weighted by Crippen LogP contribution is 2.18. The van der Waals surface area contributed by atoms with Gasteiger partial charge in [-0.2, -0.15) is 0 Å². The summed E-state index contributed by atoms with van der Waals surface area (Å²) in [5, 5.41) is 0. The van der Waals surface area contributed by atoms with Crippen molar-refractivity contribution in [1.82, 2.24) is 4.72 Å². The van der Waals surface area contributed by atoms with Crippen LogP contribution in [0.5, 0.6) is 0 Å². The number of rotatable bonds is 5. The third kappa shape index (κ3) is 3.58. The number of hydrogen-bond donors (Lipinski definition) is 2. The first-order chi connectivity index (χ1) is 9.56. The first-order valence-corrected chi connectivity index (χ1v) is 8.47. The molecule has 0 aliphatic carbocycles. The second-order valence-electron chi connectivity index (χ2n) is 5.02. The first-order valence-electron chi connectivity index (χ1n) is 6.98. The van der Waals surface area contributed by atoms with Crippen LogP contribution in [0.3, 0.4) is 0 Å². The minimum absolute atomic E-state index is 0.138. The highest BCUT2D eigenvalue weighted by atomic mass is 32.2. The minimum atomic E-state index is -3.50. The molecule has 1 aliphatic heterocycles. The molecular formula is C14H22N2O3S. The Morgan fingerprint density at radius 1 is 1.40 bits per heavy atom. The highest BCUT2D eigenvalue weighted by molar-refractivity contribution is 7.89. The van der Waals surface area contributed by atoms with E-state index in [9.17, 15) is 8.42 Å². The molecule has 3 N–H and O–H groups in total. The zero-order valence-corrected chi connectivity index (χ0v) is 12.6. The van der Waals surface area contributed by atoms with Gasteiger partial charge in [0.1, 0.15) is 0 Å². The Bertz CT molecular complexity index is 552. The van der Waals surface area contributed by atoms with Gasteiger partial charge in [-0.15, -0.1) is 0 Å². The Balaban J connectivity index is 2.20. The SMILES string of the molecule is CCc1ccc(S(=O)(=O)NC2CCCOC2)cc1CN. The van der Waals surface area contributed by atoms with Gasteiger partial charge in [0, 0.05) is 19.2 Å². The predicted molar refractivity (Wildman–Crippen MR) is 77.9 cm³/mol. The number of nitrogens with two attached hydrogens (primary N) is 1. The van der Waals surface area contributed by atoms with Gasteiger partial charge in [0.25, 0.3) is 0 Å². The quantitative estimate of drug-likeness (QED) is 0.855. The molecule has 1 fully saturated rings. The molecule has 20 heavy (non-hydrogen) atoms. The number of benzene rings is 1. The van der Waals surface area contributed by atoms with Gasteiger partial charge in [-0.05, 0) is 42.5 Å². The average Bonchev–Trinajstić information content (AvgIpc) is 2.47. The molecule has 6 heteroatoms. The van der Waals surface area contributed by atoms with E-state index in [1.807, 2.05) is 13.0 Å². The molecule has 5 nitrogen and oxygen atoms in total. The van der Waals surface area contributed by atoms with E-state index in [1.54, 1.807) is 12.1 Å². The van der Waals surface area contributed by atoms with Crippen molar-refractivity contribution in [3.63, 3.8) is 0 Å². The lowest BCUT2D eigenvalue weighted by atomic mass is 10.1. The van der Waals surface area contributed by atoms with Crippen LogP contribution in [0.25, 0.3) is 0 Å². The zero-order valence-electron chi connectivity index (χ0n) is 11.8. The van der Waals surface area contributed by atoms with Crippen molar-refractivity contribution in [3.8, 4) is 0 Å². The largest absolute Gasteiger partial charge is 0.380 e. The van der Waals surface area contributed by atoms with Crippen LogP contribution in [0.4, 0.5) is 0 Å². The molecule has 1 atom stereocenters. The van der Waals surface area contributed by atoms with Crippen molar-refractivity contribution in [2.24, 2.45) is 5.73 Å². The second kappa shape index (κ2) is 6.67. The average molecular weight is 298 g/mol. The summed E-state index contributed by atoms with van der Waals surface area (Å²) in [5.74, 6) is 0. The van der Waals surface area contributed by atoms with Gasteiger partial charge in [0.2, 0.25) is 10.0 Å². The third-order valence-electron chi connectivity index (χ3n) is 3.57. The van der Waals surface area contributed by atoms with Gasteiger partial charge in [-0.3, -0.25) is 0 Å². The van der Waals surface area contributed by atoms with E-state index < -0.39 is 10.0 Å². The van der Waals surface area contributed by atoms with Gasteiger partial charge in [0.05, 0.1) is 11.5 Å². The van der Waals surface area contributed by atoms with Crippen LogP contribution in [0, 0.1) is 0 Å². The van der Waals surface area contributed by atoms with Crippen LogP contribution >= 0.6 is 0 Å². The van der Waals surface area contributed by atoms with Crippen molar-refractivity contribution >= 4 is 10.0 Å². The van der Waals surface area contributed by atoms with Gasteiger partial charge in [-0.25, -0.2) is 13.1 Å². The topological polar surface area (TPSA) is 81.4 Å². The molecule has 0 bridgehead atoms. The molecule has 1 heterocycles. The van der Waals surface area contributed by atoms with Crippen LogP contribution in [-0.4, -0.2) is 27.7 Å². The fourth-order valence-electron chi connectivity index (χ4n) is 2.43. The highest BCUT2D eigenvalue weighted by Gasteiger charge is 2.22. The normalized spacial score (nSPS) is 20.0. The van der Waals surface area contributed by atoms with Crippen LogP contribution in [0.1, 0.15) is 30.9 Å². The van der Waals surface area contributed by atoms with E-state index in [1.165, 1.54) is 0 Å². The summed E-state index contributed by atoms with van der Waals surface area (Å²) in [4.78, 5) is 0.278. The molecule has 0 spiro atoms. The standard InChI is InChI=1S/C14H22N2O3S/c1-2-11-5-6-14(8-12(11)9-15)20(17,18)16-13-4-3-7-19-10-13/h5-6,8,13,16H,2-4,7,9-10,15H2,1H3. The van der Waals surface area contributed by atoms with Crippen LogP contribution in [-0.2, 0) is 27.7 Å². The Morgan fingerprint density at radius 2 is 2.20 bits per heavy atom. The molecule has 0 aromatic heterocycles. The molecule has 1 aliphatic rings. The number of ether oxygens (including phenoxy) is 1. The molecule has 1 aromatic carbocycles. The summed E-state index contributed by atoms with van der Waals surface area (Å²) in [6.45, 7) is 3.52. The van der Waals surface area contributed by atoms with Gasteiger partial charge in [0.15, 0.2) is 0 Å². The minimum Gasteiger partial charge on any atom is -0.380 e. The lowest BCUT2D eigenvalue weighted by Crippen LogP contribution is -2.40. The maximum Gasteiger partial charge on any atom is 0.240 e. The van der Waals surface area contributed by atoms with Crippen molar-refractivity contribution in [3.05, 3.63) is 29.3 Å².